The molecular weight excluding hydrogens is 380 g/mol. The summed E-state index contributed by atoms with van der Waals surface area (Å²) in [5, 5.41) is 2.59. The van der Waals surface area contributed by atoms with Crippen LogP contribution in [-0.2, 0) is 14.8 Å². The van der Waals surface area contributed by atoms with Gasteiger partial charge in [-0.1, -0.05) is 12.1 Å². The van der Waals surface area contributed by atoms with E-state index < -0.39 is 21.7 Å². The molecule has 7 nitrogen and oxygen atoms in total. The quantitative estimate of drug-likeness (QED) is 0.765. The molecule has 0 unspecified atom stereocenters. The first kappa shape index (κ1) is 21.6. The van der Waals surface area contributed by atoms with Crippen LogP contribution in [0.2, 0.25) is 0 Å². The van der Waals surface area contributed by atoms with E-state index in [1.807, 2.05) is 13.0 Å². The van der Waals surface area contributed by atoms with Crippen molar-refractivity contribution in [3.63, 3.8) is 0 Å². The van der Waals surface area contributed by atoms with Crippen molar-refractivity contribution in [2.75, 3.05) is 17.1 Å². The van der Waals surface area contributed by atoms with Crippen molar-refractivity contribution in [1.29, 1.82) is 0 Å². The zero-order valence-corrected chi connectivity index (χ0v) is 17.7. The second-order valence-electron chi connectivity index (χ2n) is 7.42. The first-order valence-electron chi connectivity index (χ1n) is 8.69. The van der Waals surface area contributed by atoms with Crippen molar-refractivity contribution in [3.05, 3.63) is 47.5 Å². The number of sulfonamides is 1. The number of nitrogens with one attached hydrogen (secondary N) is 2. The van der Waals surface area contributed by atoms with Crippen molar-refractivity contribution >= 4 is 27.5 Å². The monoisotopic (exact) mass is 406 g/mol. The predicted octanol–water partition coefficient (Wildman–Crippen LogP) is 4.46. The van der Waals surface area contributed by atoms with E-state index in [2.05, 4.69) is 10.0 Å². The molecule has 0 aliphatic carbocycles. The second-order valence-corrected chi connectivity index (χ2v) is 9.07. The minimum atomic E-state index is -3.77. The fourth-order valence-electron chi connectivity index (χ4n) is 2.48. The molecule has 0 saturated heterocycles. The summed E-state index contributed by atoms with van der Waals surface area (Å²) in [6, 6.07) is 9.82. The van der Waals surface area contributed by atoms with Crippen LogP contribution < -0.4 is 14.8 Å². The molecule has 28 heavy (non-hydrogen) atoms. The van der Waals surface area contributed by atoms with Crippen LogP contribution in [0, 0.1) is 13.8 Å². The van der Waals surface area contributed by atoms with E-state index in [4.69, 9.17) is 9.47 Å². The van der Waals surface area contributed by atoms with Crippen molar-refractivity contribution in [2.45, 2.75) is 45.1 Å². The molecule has 0 saturated carbocycles. The molecule has 0 bridgehead atoms. The summed E-state index contributed by atoms with van der Waals surface area (Å²) in [5.41, 5.74) is 1.53. The number of carbonyl (C=O) groups excluding carboxylic acids is 1. The van der Waals surface area contributed by atoms with Gasteiger partial charge in [-0.25, -0.2) is 13.2 Å². The van der Waals surface area contributed by atoms with Gasteiger partial charge in [0.15, 0.2) is 0 Å². The number of benzene rings is 2. The lowest BCUT2D eigenvalue weighted by atomic mass is 10.2. The Balaban J connectivity index is 2.26. The Bertz CT molecular complexity index is 979. The fourth-order valence-corrected chi connectivity index (χ4v) is 3.86. The van der Waals surface area contributed by atoms with E-state index in [9.17, 15) is 13.2 Å². The maximum absolute atomic E-state index is 12.8. The molecule has 0 fully saturated rings. The predicted molar refractivity (Wildman–Crippen MR) is 110 cm³/mol. The lowest BCUT2D eigenvalue weighted by Gasteiger charge is -2.20. The van der Waals surface area contributed by atoms with Crippen molar-refractivity contribution in [2.24, 2.45) is 0 Å². The van der Waals surface area contributed by atoms with Gasteiger partial charge >= 0.3 is 6.09 Å². The van der Waals surface area contributed by atoms with Crippen molar-refractivity contribution in [3.8, 4) is 5.75 Å². The molecule has 152 valence electrons. The highest BCUT2D eigenvalue weighted by Gasteiger charge is 2.20. The Labute approximate surface area is 166 Å². The molecule has 8 heteroatoms. The average Bonchev–Trinajstić information content (AvgIpc) is 2.56. The number of amides is 1. The van der Waals surface area contributed by atoms with Crippen LogP contribution in [0.3, 0.4) is 0 Å². The first-order chi connectivity index (χ1) is 12.9. The lowest BCUT2D eigenvalue weighted by Crippen LogP contribution is -2.27. The highest BCUT2D eigenvalue weighted by Crippen LogP contribution is 2.30. The van der Waals surface area contributed by atoms with Crippen LogP contribution in [0.4, 0.5) is 16.2 Å². The number of carbonyl (C=O) groups is 1. The van der Waals surface area contributed by atoms with Crippen LogP contribution in [-0.4, -0.2) is 27.2 Å². The molecule has 1 amide bonds. The molecule has 0 aromatic heterocycles. The molecule has 0 aliphatic heterocycles. The molecule has 2 N–H and O–H groups in total. The van der Waals surface area contributed by atoms with Crippen LogP contribution in [0.1, 0.15) is 31.9 Å². The number of methoxy groups -OCH3 is 1. The Morgan fingerprint density at radius 3 is 2.32 bits per heavy atom. The number of ether oxygens (including phenoxy) is 2. The highest BCUT2D eigenvalue weighted by atomic mass is 32.2. The van der Waals surface area contributed by atoms with Crippen LogP contribution >= 0.6 is 0 Å². The topological polar surface area (TPSA) is 93.7 Å². The zero-order valence-electron chi connectivity index (χ0n) is 16.9. The van der Waals surface area contributed by atoms with Gasteiger partial charge < -0.3 is 9.47 Å². The molecule has 0 spiro atoms. The number of anilines is 2. The number of rotatable bonds is 5. The highest BCUT2D eigenvalue weighted by molar-refractivity contribution is 7.92. The van der Waals surface area contributed by atoms with Gasteiger partial charge in [-0.15, -0.1) is 0 Å². The maximum Gasteiger partial charge on any atom is 0.412 e. The van der Waals surface area contributed by atoms with E-state index in [-0.39, 0.29) is 4.90 Å². The summed E-state index contributed by atoms with van der Waals surface area (Å²) in [4.78, 5) is 12.2. The summed E-state index contributed by atoms with van der Waals surface area (Å²) in [6.07, 6.45) is -0.630. The summed E-state index contributed by atoms with van der Waals surface area (Å²) in [5.74, 6) is 0.298. The van der Waals surface area contributed by atoms with Crippen LogP contribution in [0.5, 0.6) is 5.75 Å². The zero-order chi connectivity index (χ0) is 21.1. The average molecular weight is 407 g/mol. The summed E-state index contributed by atoms with van der Waals surface area (Å²) in [6.45, 7) is 8.85. The normalized spacial score (nSPS) is 11.6. The van der Waals surface area contributed by atoms with Gasteiger partial charge in [-0.2, -0.15) is 0 Å². The Kier molecular flexibility index (Phi) is 6.23. The molecule has 0 heterocycles. The van der Waals surface area contributed by atoms with Gasteiger partial charge in [0.2, 0.25) is 0 Å². The van der Waals surface area contributed by atoms with Crippen LogP contribution in [0.25, 0.3) is 0 Å². The van der Waals surface area contributed by atoms with E-state index in [0.29, 0.717) is 22.7 Å². The lowest BCUT2D eigenvalue weighted by molar-refractivity contribution is 0.0635. The molecule has 0 radical (unpaired) electrons. The molecule has 2 aromatic rings. The standard InChI is InChI=1S/C20H26N2O5S/c1-13-7-8-14(2)18(11-13)28(24,25)22-15-9-10-16(17(12-15)26-6)21-19(23)27-20(3,4)5/h7-12,22H,1-6H3,(H,21,23). The molecule has 0 atom stereocenters. The SMILES string of the molecule is COc1cc(NS(=O)(=O)c2cc(C)ccc2C)ccc1NC(=O)OC(C)(C)C. The van der Waals surface area contributed by atoms with Crippen LogP contribution in [0.15, 0.2) is 41.3 Å². The van der Waals surface area contributed by atoms with Gasteiger partial charge in [0, 0.05) is 6.07 Å². The molecular formula is C20H26N2O5S. The maximum atomic E-state index is 12.8. The first-order valence-corrected chi connectivity index (χ1v) is 10.2. The molecule has 0 aliphatic rings. The van der Waals surface area contributed by atoms with E-state index in [0.717, 1.165) is 5.56 Å². The minimum absolute atomic E-state index is 0.211. The summed E-state index contributed by atoms with van der Waals surface area (Å²) in [7, 11) is -2.34. The minimum Gasteiger partial charge on any atom is -0.494 e. The third-order valence-electron chi connectivity index (χ3n) is 3.72. The summed E-state index contributed by atoms with van der Waals surface area (Å²) >= 11 is 0. The van der Waals surface area contributed by atoms with Gasteiger partial charge in [-0.05, 0) is 63.9 Å². The van der Waals surface area contributed by atoms with Crippen molar-refractivity contribution in [1.82, 2.24) is 0 Å². The number of hydrogen-bond donors (Lipinski definition) is 2. The van der Waals surface area contributed by atoms with Crippen molar-refractivity contribution < 1.29 is 22.7 Å². The second kappa shape index (κ2) is 8.10. The number of aryl methyl sites for hydroxylation is 2. The van der Waals surface area contributed by atoms with Gasteiger partial charge in [-0.3, -0.25) is 10.0 Å². The Morgan fingerprint density at radius 2 is 1.71 bits per heavy atom. The largest absolute Gasteiger partial charge is 0.494 e. The van der Waals surface area contributed by atoms with E-state index in [1.165, 1.54) is 19.2 Å². The number of hydrogen-bond acceptors (Lipinski definition) is 5. The fraction of sp³-hybridized carbons (Fsp3) is 0.350. The Morgan fingerprint density at radius 1 is 1.04 bits per heavy atom. The third kappa shape index (κ3) is 5.63. The van der Waals surface area contributed by atoms with Gasteiger partial charge in [0.1, 0.15) is 11.4 Å². The summed E-state index contributed by atoms with van der Waals surface area (Å²) < 4.78 is 38.5. The smallest absolute Gasteiger partial charge is 0.412 e. The van der Waals surface area contributed by atoms with E-state index >= 15 is 0 Å². The molecule has 2 rings (SSSR count). The molecule has 2 aromatic carbocycles. The van der Waals surface area contributed by atoms with Gasteiger partial charge in [0.25, 0.3) is 10.0 Å². The Hall–Kier alpha value is -2.74. The van der Waals surface area contributed by atoms with Gasteiger partial charge in [0.05, 0.1) is 23.4 Å². The van der Waals surface area contributed by atoms with E-state index in [1.54, 1.807) is 45.9 Å². The third-order valence-corrected chi connectivity index (χ3v) is 5.25.